The normalized spacial score (nSPS) is 20.2. The largest absolute Gasteiger partial charge is 0.488 e. The van der Waals surface area contributed by atoms with E-state index in [1.165, 1.54) is 77.0 Å². The van der Waals surface area contributed by atoms with Crippen molar-refractivity contribution in [1.82, 2.24) is 4.57 Å². The Morgan fingerprint density at radius 3 is 1.08 bits per heavy atom. The van der Waals surface area contributed by atoms with Crippen LogP contribution in [0, 0.1) is 34.5 Å². The first kappa shape index (κ1) is 54.7. The Labute approximate surface area is 409 Å². The minimum Gasteiger partial charge on any atom is -0.488 e. The Morgan fingerprint density at radius 2 is 0.788 bits per heavy atom. The van der Waals surface area contributed by atoms with Crippen LogP contribution in [0.2, 0.25) is 0 Å². The molecule has 4 unspecified atom stereocenters. The van der Waals surface area contributed by atoms with Crippen molar-refractivity contribution in [2.24, 2.45) is 41.5 Å². The summed E-state index contributed by atoms with van der Waals surface area (Å²) < 4.78 is 55.6. The molecule has 376 valence electrons. The smallest absolute Gasteiger partial charge is 0.181 e. The van der Waals surface area contributed by atoms with Crippen LogP contribution in [0.1, 0.15) is 158 Å². The molecule has 2 aliphatic heterocycles. The third-order valence-electron chi connectivity index (χ3n) is 14.3. The van der Waals surface area contributed by atoms with E-state index in [0.717, 1.165) is 96.3 Å². The number of hydrogen-bond acceptors (Lipinski definition) is 10. The molecule has 0 amide bonds. The zero-order chi connectivity index (χ0) is 47.2. The molecule has 0 aromatic carbocycles. The van der Waals surface area contributed by atoms with Crippen molar-refractivity contribution in [3.8, 4) is 44.1 Å². The molecule has 4 atom stereocenters. The second-order valence-corrected chi connectivity index (χ2v) is 21.8. The highest BCUT2D eigenvalue weighted by atomic mass is 32.1. The molecule has 11 heteroatoms. The van der Waals surface area contributed by atoms with Crippen molar-refractivity contribution >= 4 is 22.7 Å². The molecule has 0 saturated heterocycles. The number of ether oxygens (including phenoxy) is 8. The lowest BCUT2D eigenvalue weighted by Crippen LogP contribution is -2.43. The summed E-state index contributed by atoms with van der Waals surface area (Å²) in [5.74, 6) is 5.42. The third kappa shape index (κ3) is 15.6. The van der Waals surface area contributed by atoms with Gasteiger partial charge in [-0.15, -0.1) is 22.7 Å². The molecule has 66 heavy (non-hydrogen) atoms. The maximum Gasteiger partial charge on any atom is 0.181 e. The number of rotatable bonds is 34. The van der Waals surface area contributed by atoms with Crippen LogP contribution in [0.3, 0.4) is 0 Å². The number of aromatic nitrogens is 1. The average molecular weight is 958 g/mol. The van der Waals surface area contributed by atoms with Crippen molar-refractivity contribution in [3.63, 3.8) is 0 Å². The van der Waals surface area contributed by atoms with Gasteiger partial charge in [0.1, 0.15) is 26.4 Å². The van der Waals surface area contributed by atoms with Gasteiger partial charge < -0.3 is 42.5 Å². The molecule has 0 saturated carbocycles. The fourth-order valence-corrected chi connectivity index (χ4v) is 11.2. The van der Waals surface area contributed by atoms with Gasteiger partial charge in [-0.1, -0.05) is 132 Å². The predicted octanol–water partition coefficient (Wildman–Crippen LogP) is 14.9. The van der Waals surface area contributed by atoms with E-state index >= 15 is 0 Å². The van der Waals surface area contributed by atoms with Crippen LogP contribution in [0.5, 0.6) is 23.0 Å². The van der Waals surface area contributed by atoms with Gasteiger partial charge in [-0.3, -0.25) is 0 Å². The van der Waals surface area contributed by atoms with Crippen LogP contribution in [-0.4, -0.2) is 83.8 Å². The van der Waals surface area contributed by atoms with E-state index in [-0.39, 0.29) is 0 Å². The van der Waals surface area contributed by atoms with Gasteiger partial charge in [-0.2, -0.15) is 0 Å². The minimum atomic E-state index is -0.421. The lowest BCUT2D eigenvalue weighted by atomic mass is 9.91. The highest BCUT2D eigenvalue weighted by molar-refractivity contribution is 7.14. The first-order valence-corrected chi connectivity index (χ1v) is 28.2. The Morgan fingerprint density at radius 1 is 0.485 bits per heavy atom. The summed E-state index contributed by atoms with van der Waals surface area (Å²) in [6.45, 7) is 25.2. The van der Waals surface area contributed by atoms with Gasteiger partial charge in [-0.05, 0) is 61.5 Å². The molecule has 3 aromatic heterocycles. The molecule has 0 spiro atoms. The van der Waals surface area contributed by atoms with Gasteiger partial charge in [0.15, 0.2) is 23.0 Å². The maximum atomic E-state index is 6.87. The fourth-order valence-electron chi connectivity index (χ4n) is 9.23. The molecule has 3 aromatic rings. The number of unbranched alkanes of at least 4 members (excludes halogenated alkanes) is 4. The lowest BCUT2D eigenvalue weighted by Gasteiger charge is -2.32. The second-order valence-electron chi connectivity index (χ2n) is 20.1. The van der Waals surface area contributed by atoms with Crippen molar-refractivity contribution in [2.75, 3.05) is 79.3 Å². The van der Waals surface area contributed by atoms with Gasteiger partial charge >= 0.3 is 0 Å². The molecule has 9 nitrogen and oxygen atoms in total. The van der Waals surface area contributed by atoms with Crippen LogP contribution < -0.4 is 18.9 Å². The number of nitrogens with zero attached hydrogens (tertiary/aromatic N) is 1. The summed E-state index contributed by atoms with van der Waals surface area (Å²) in [7, 11) is 2.13. The zero-order valence-electron chi connectivity index (χ0n) is 42.9. The summed E-state index contributed by atoms with van der Waals surface area (Å²) in [5, 5.41) is 4.20. The van der Waals surface area contributed by atoms with Crippen molar-refractivity contribution in [2.45, 2.75) is 158 Å². The summed E-state index contributed by atoms with van der Waals surface area (Å²) in [4.78, 5) is 2.10. The topological polar surface area (TPSA) is 78.8 Å². The Balaban J connectivity index is 1.32. The molecule has 0 radical (unpaired) electrons. The molecule has 5 heterocycles. The lowest BCUT2D eigenvalue weighted by molar-refractivity contribution is -0.0715. The van der Waals surface area contributed by atoms with Crippen LogP contribution >= 0.6 is 22.7 Å². The van der Waals surface area contributed by atoms with Gasteiger partial charge in [0, 0.05) is 44.2 Å². The van der Waals surface area contributed by atoms with Crippen LogP contribution in [-0.2, 0) is 26.0 Å². The van der Waals surface area contributed by atoms with E-state index in [9.17, 15) is 0 Å². The average Bonchev–Trinajstić information content (AvgIpc) is 3.98. The first-order valence-electron chi connectivity index (χ1n) is 26.4. The maximum absolute atomic E-state index is 6.87. The summed E-state index contributed by atoms with van der Waals surface area (Å²) in [5.41, 5.74) is 1.29. The summed E-state index contributed by atoms with van der Waals surface area (Å²) >= 11 is 3.33. The highest BCUT2D eigenvalue weighted by Gasteiger charge is 2.40. The van der Waals surface area contributed by atoms with Crippen molar-refractivity contribution < 1.29 is 37.9 Å². The van der Waals surface area contributed by atoms with Crippen molar-refractivity contribution in [3.05, 3.63) is 22.9 Å². The van der Waals surface area contributed by atoms with E-state index in [1.807, 2.05) is 0 Å². The van der Waals surface area contributed by atoms with Gasteiger partial charge in [-0.25, -0.2) is 0 Å². The summed E-state index contributed by atoms with van der Waals surface area (Å²) in [6.07, 6.45) is 19.1. The van der Waals surface area contributed by atoms with Gasteiger partial charge in [0.05, 0.1) is 58.4 Å². The third-order valence-corrected chi connectivity index (χ3v) is 16.3. The van der Waals surface area contributed by atoms with Gasteiger partial charge in [0.2, 0.25) is 0 Å². The fraction of sp³-hybridized carbons (Fsp3) is 0.782. The van der Waals surface area contributed by atoms with E-state index in [2.05, 4.69) is 89.9 Å². The van der Waals surface area contributed by atoms with Gasteiger partial charge in [0.25, 0.3) is 0 Å². The molecule has 2 aliphatic rings. The van der Waals surface area contributed by atoms with E-state index in [4.69, 9.17) is 37.9 Å². The molecule has 0 N–H and O–H groups in total. The molecule has 0 bridgehead atoms. The SMILES string of the molecule is CCCCC(CC)COCC1(COCC(CC)CCCC)COc2csc(-c3ccc(-c4scc5c4OCC(COCC(CC)CCCC)(COCC(CC)CCCC)CO5)n3C)c2OC1. The monoisotopic (exact) mass is 958 g/mol. The van der Waals surface area contributed by atoms with Crippen LogP contribution in [0.25, 0.3) is 21.1 Å². The Kier molecular flexibility index (Phi) is 24.0. The summed E-state index contributed by atoms with van der Waals surface area (Å²) in [6, 6.07) is 4.39. The predicted molar refractivity (Wildman–Crippen MR) is 275 cm³/mol. The Hall–Kier alpha value is -2.28. The van der Waals surface area contributed by atoms with E-state index < -0.39 is 10.8 Å². The number of hydrogen-bond donors (Lipinski definition) is 0. The zero-order valence-corrected chi connectivity index (χ0v) is 44.6. The minimum absolute atomic E-state index is 0.421. The number of thiophene rings is 2. The van der Waals surface area contributed by atoms with E-state index in [1.54, 1.807) is 22.7 Å². The molecular formula is C55H91NO8S2. The first-order chi connectivity index (χ1) is 32.2. The molecule has 0 fully saturated rings. The molecule has 0 aliphatic carbocycles. The van der Waals surface area contributed by atoms with Crippen molar-refractivity contribution in [1.29, 1.82) is 0 Å². The van der Waals surface area contributed by atoms with E-state index in [0.29, 0.717) is 76.5 Å². The quantitative estimate of drug-likeness (QED) is 0.0586. The molecular weight excluding hydrogens is 867 g/mol. The standard InChI is InChI=1S/C55H91NO8S2/c1-10-18-22-42(14-5)28-57-34-54(35-58-29-43(15-6)23-19-11-2)38-61-48-32-65-52(50(48)63-40-54)46-26-27-47(56(46)9)53-51-49(33-66-53)62-39-55(41-64-51,36-59-30-44(16-7)24-20-12-3)37-60-31-45(17-8)25-21-13-4/h26-27,32-33,42-45H,10-25,28-31,34-41H2,1-9H3. The number of fused-ring (bicyclic) bond motifs is 2. The van der Waals surface area contributed by atoms with Crippen LogP contribution in [0.4, 0.5) is 0 Å². The second kappa shape index (κ2) is 29.0. The van der Waals surface area contributed by atoms with Crippen LogP contribution in [0.15, 0.2) is 22.9 Å². The molecule has 5 rings (SSSR count). The Bertz CT molecular complexity index is 1600. The highest BCUT2D eigenvalue weighted by Crippen LogP contribution is 2.51.